The Kier molecular flexibility index (Phi) is 5.75. The van der Waals surface area contributed by atoms with Gasteiger partial charge < -0.3 is 15.8 Å². The molecule has 176 valence electrons. The smallest absolute Gasteiger partial charge is 0.422 e. The predicted molar refractivity (Wildman–Crippen MR) is 114 cm³/mol. The second-order valence-electron chi connectivity index (χ2n) is 8.09. The Labute approximate surface area is 189 Å². The molecule has 2 heterocycles. The van der Waals surface area contributed by atoms with Crippen molar-refractivity contribution < 1.29 is 31.5 Å². The molecule has 1 amide bonds. The fourth-order valence-electron chi connectivity index (χ4n) is 4.02. The Bertz CT molecular complexity index is 1110. The molecule has 6 nitrogen and oxygen atoms in total. The van der Waals surface area contributed by atoms with Crippen LogP contribution in [0, 0.1) is 11.7 Å². The molecule has 1 aromatic carbocycles. The summed E-state index contributed by atoms with van der Waals surface area (Å²) in [7, 11) is 0. The zero-order valence-corrected chi connectivity index (χ0v) is 18.1. The molecular formula is C21H19F5N4O2S. The normalized spacial score (nSPS) is 26.2. The molecule has 0 radical (unpaired) electrons. The van der Waals surface area contributed by atoms with Crippen molar-refractivity contribution in [3.63, 3.8) is 0 Å². The molecule has 4 rings (SSSR count). The van der Waals surface area contributed by atoms with Crippen LogP contribution in [0.2, 0.25) is 0 Å². The first kappa shape index (κ1) is 23.3. The number of aromatic nitrogens is 1. The Balaban J connectivity index is 1.52. The highest BCUT2D eigenvalue weighted by molar-refractivity contribution is 8.15. The number of anilines is 1. The maximum absolute atomic E-state index is 14.8. The fraction of sp³-hybridized carbons (Fsp3) is 0.381. The van der Waals surface area contributed by atoms with Crippen molar-refractivity contribution in [2.75, 3.05) is 18.6 Å². The maximum atomic E-state index is 14.8. The van der Waals surface area contributed by atoms with E-state index in [4.69, 9.17) is 5.73 Å². The van der Waals surface area contributed by atoms with Crippen molar-refractivity contribution in [2.24, 2.45) is 16.6 Å². The van der Waals surface area contributed by atoms with E-state index in [-0.39, 0.29) is 33.8 Å². The van der Waals surface area contributed by atoms with Crippen LogP contribution in [0.5, 0.6) is 5.75 Å². The van der Waals surface area contributed by atoms with Crippen LogP contribution >= 0.6 is 11.8 Å². The average Bonchev–Trinajstić information content (AvgIpc) is 3.49. The number of ether oxygens (including phenoxy) is 1. The quantitative estimate of drug-likeness (QED) is 0.590. The first-order valence-electron chi connectivity index (χ1n) is 9.83. The third kappa shape index (κ3) is 4.61. The van der Waals surface area contributed by atoms with E-state index in [0.29, 0.717) is 6.42 Å². The van der Waals surface area contributed by atoms with Gasteiger partial charge >= 0.3 is 6.18 Å². The Hall–Kier alpha value is -2.89. The lowest BCUT2D eigenvalue weighted by Crippen LogP contribution is -2.36. The number of fused-ring (bicyclic) bond motifs is 1. The van der Waals surface area contributed by atoms with E-state index in [1.54, 1.807) is 6.92 Å². The van der Waals surface area contributed by atoms with E-state index in [1.807, 2.05) is 0 Å². The van der Waals surface area contributed by atoms with Crippen molar-refractivity contribution in [3.8, 4) is 5.75 Å². The van der Waals surface area contributed by atoms with Crippen molar-refractivity contribution in [2.45, 2.75) is 29.8 Å². The van der Waals surface area contributed by atoms with E-state index in [0.717, 1.165) is 18.0 Å². The van der Waals surface area contributed by atoms with E-state index < -0.39 is 41.5 Å². The molecule has 1 fully saturated rings. The van der Waals surface area contributed by atoms with Gasteiger partial charge in [0.25, 0.3) is 5.91 Å². The maximum Gasteiger partial charge on any atom is 0.422 e. The van der Waals surface area contributed by atoms with Gasteiger partial charge in [0.1, 0.15) is 23.9 Å². The van der Waals surface area contributed by atoms with Crippen molar-refractivity contribution in [1.29, 1.82) is 0 Å². The molecular weight excluding hydrogens is 467 g/mol. The van der Waals surface area contributed by atoms with Crippen LogP contribution in [0.4, 0.5) is 27.6 Å². The summed E-state index contributed by atoms with van der Waals surface area (Å²) in [5, 5.41) is 2.75. The van der Waals surface area contributed by atoms with E-state index >= 15 is 0 Å². The summed E-state index contributed by atoms with van der Waals surface area (Å²) in [4.78, 5) is 20.8. The van der Waals surface area contributed by atoms with Gasteiger partial charge in [0.15, 0.2) is 11.8 Å². The number of hydrogen-bond donors (Lipinski definition) is 2. The second-order valence-corrected chi connectivity index (χ2v) is 9.52. The SMILES string of the molecule is C[C@@]1(c2cc(NC(=O)c3ccc(OCC(F)(F)F)cn3)ccc2F)N=C(N)S[C@@]2(CF)C[C@H]21. The van der Waals surface area contributed by atoms with Gasteiger partial charge in [-0.25, -0.2) is 13.8 Å². The predicted octanol–water partition coefficient (Wildman–Crippen LogP) is 4.42. The number of hydrogen-bond acceptors (Lipinski definition) is 6. The minimum Gasteiger partial charge on any atom is -0.483 e. The van der Waals surface area contributed by atoms with E-state index in [9.17, 15) is 26.7 Å². The minimum absolute atomic E-state index is 0.0820. The molecule has 12 heteroatoms. The molecule has 0 bridgehead atoms. The van der Waals surface area contributed by atoms with Crippen molar-refractivity contribution in [3.05, 3.63) is 53.6 Å². The van der Waals surface area contributed by atoms with Crippen LogP contribution in [-0.2, 0) is 5.54 Å². The van der Waals surface area contributed by atoms with Gasteiger partial charge in [-0.05, 0) is 43.7 Å². The van der Waals surface area contributed by atoms with Gasteiger partial charge in [0.2, 0.25) is 0 Å². The Morgan fingerprint density at radius 3 is 2.73 bits per heavy atom. The Morgan fingerprint density at radius 1 is 1.33 bits per heavy atom. The van der Waals surface area contributed by atoms with Crippen LogP contribution in [0.15, 0.2) is 41.5 Å². The third-order valence-electron chi connectivity index (χ3n) is 5.72. The molecule has 0 unspecified atom stereocenters. The number of halogens is 5. The third-order valence-corrected chi connectivity index (χ3v) is 6.99. The van der Waals surface area contributed by atoms with Gasteiger partial charge in [-0.2, -0.15) is 13.2 Å². The second kappa shape index (κ2) is 8.15. The number of carbonyl (C=O) groups excluding carboxylic acids is 1. The number of amidine groups is 1. The van der Waals surface area contributed by atoms with Gasteiger partial charge in [0, 0.05) is 17.2 Å². The first-order valence-corrected chi connectivity index (χ1v) is 10.6. The van der Waals surface area contributed by atoms with Crippen LogP contribution in [0.3, 0.4) is 0 Å². The molecule has 3 atom stereocenters. The molecule has 1 aliphatic carbocycles. The molecule has 3 N–H and O–H groups in total. The summed E-state index contributed by atoms with van der Waals surface area (Å²) in [5.41, 5.74) is 5.14. The van der Waals surface area contributed by atoms with Crippen LogP contribution in [0.1, 0.15) is 29.4 Å². The topological polar surface area (TPSA) is 89.6 Å². The number of thioether (sulfide) groups is 1. The monoisotopic (exact) mass is 486 g/mol. The average molecular weight is 486 g/mol. The summed E-state index contributed by atoms with van der Waals surface area (Å²) in [6, 6.07) is 6.33. The van der Waals surface area contributed by atoms with Crippen molar-refractivity contribution in [1.82, 2.24) is 4.98 Å². The molecule has 33 heavy (non-hydrogen) atoms. The zero-order chi connectivity index (χ0) is 24.0. The molecule has 0 spiro atoms. The Morgan fingerprint density at radius 2 is 2.09 bits per heavy atom. The summed E-state index contributed by atoms with van der Waals surface area (Å²) in [5.74, 6) is -1.62. The number of nitrogens with zero attached hydrogens (tertiary/aromatic N) is 2. The van der Waals surface area contributed by atoms with Crippen LogP contribution in [0.25, 0.3) is 0 Å². The standard InChI is InChI=1S/C21H19F5N4O2S/c1-19(16-7-20(16,9-22)33-18(27)30-19)13-6-11(2-4-14(13)23)29-17(31)15-5-3-12(8-28-15)32-10-21(24,25)26/h2-6,8,16H,7,9-10H2,1H3,(H2,27,30)(H,29,31)/t16-,19-,20+/m0/s1. The molecule has 2 aromatic rings. The number of rotatable bonds is 6. The number of nitrogens with two attached hydrogens (primary N) is 1. The fourth-order valence-corrected chi connectivity index (χ4v) is 5.35. The summed E-state index contributed by atoms with van der Waals surface area (Å²) >= 11 is 1.16. The van der Waals surface area contributed by atoms with Crippen LogP contribution < -0.4 is 15.8 Å². The number of pyridine rings is 1. The van der Waals surface area contributed by atoms with E-state index in [1.165, 1.54) is 30.3 Å². The number of alkyl halides is 4. The highest BCUT2D eigenvalue weighted by Gasteiger charge is 2.66. The number of aliphatic imine (C=N–C) groups is 1. The van der Waals surface area contributed by atoms with Gasteiger partial charge in [-0.1, -0.05) is 11.8 Å². The van der Waals surface area contributed by atoms with Gasteiger partial charge in [-0.3, -0.25) is 9.79 Å². The first-order chi connectivity index (χ1) is 15.5. The number of carbonyl (C=O) groups is 1. The van der Waals surface area contributed by atoms with Gasteiger partial charge in [-0.15, -0.1) is 0 Å². The molecule has 2 aliphatic rings. The highest BCUT2D eigenvalue weighted by Crippen LogP contribution is 2.66. The van der Waals surface area contributed by atoms with Gasteiger partial charge in [0.05, 0.1) is 16.5 Å². The molecule has 1 aliphatic heterocycles. The number of amides is 1. The molecule has 1 saturated carbocycles. The molecule has 1 aromatic heterocycles. The van der Waals surface area contributed by atoms with Crippen LogP contribution in [-0.4, -0.2) is 40.3 Å². The lowest BCUT2D eigenvalue weighted by atomic mass is 9.85. The lowest BCUT2D eigenvalue weighted by Gasteiger charge is -2.33. The minimum atomic E-state index is -4.50. The summed E-state index contributed by atoms with van der Waals surface area (Å²) < 4.78 is 69.0. The number of nitrogens with one attached hydrogen (secondary N) is 1. The zero-order valence-electron chi connectivity index (χ0n) is 17.2. The molecule has 0 saturated heterocycles. The number of benzene rings is 1. The van der Waals surface area contributed by atoms with Crippen molar-refractivity contribution >= 4 is 28.5 Å². The highest BCUT2D eigenvalue weighted by atomic mass is 32.2. The lowest BCUT2D eigenvalue weighted by molar-refractivity contribution is -0.153. The summed E-state index contributed by atoms with van der Waals surface area (Å²) in [6.07, 6.45) is -3.00. The largest absolute Gasteiger partial charge is 0.483 e. The summed E-state index contributed by atoms with van der Waals surface area (Å²) in [6.45, 7) is -0.402. The van der Waals surface area contributed by atoms with E-state index in [2.05, 4.69) is 20.0 Å².